The van der Waals surface area contributed by atoms with E-state index in [1.54, 1.807) is 0 Å². The van der Waals surface area contributed by atoms with E-state index in [2.05, 4.69) is 33.3 Å². The fraction of sp³-hybridized carbons (Fsp3) is 0.500. The van der Waals surface area contributed by atoms with Gasteiger partial charge in [0, 0.05) is 19.6 Å². The van der Waals surface area contributed by atoms with E-state index < -0.39 is 0 Å². The van der Waals surface area contributed by atoms with Crippen LogP contribution in [-0.2, 0) is 0 Å². The summed E-state index contributed by atoms with van der Waals surface area (Å²) in [7, 11) is 2.11. The summed E-state index contributed by atoms with van der Waals surface area (Å²) in [4.78, 5) is 10.2. The Morgan fingerprint density at radius 3 is 3.00 bits per heavy atom. The number of piperidine rings is 1. The highest BCUT2D eigenvalue weighted by Gasteiger charge is 2.16. The van der Waals surface area contributed by atoms with Gasteiger partial charge in [-0.2, -0.15) is 0 Å². The monoisotopic (exact) mass is 244 g/mol. The van der Waals surface area contributed by atoms with Gasteiger partial charge in [0.15, 0.2) is 0 Å². The highest BCUT2D eigenvalue weighted by atomic mass is 15.3. The third-order valence-corrected chi connectivity index (χ3v) is 3.65. The van der Waals surface area contributed by atoms with Crippen molar-refractivity contribution in [2.24, 2.45) is 0 Å². The number of H-pyrrole nitrogens is 1. The van der Waals surface area contributed by atoms with Crippen LogP contribution in [0.4, 0.5) is 5.95 Å². The number of hydrogen-bond donors (Lipinski definition) is 2. The van der Waals surface area contributed by atoms with Crippen LogP contribution in [0, 0.1) is 0 Å². The van der Waals surface area contributed by atoms with E-state index in [1.165, 1.54) is 19.3 Å². The van der Waals surface area contributed by atoms with E-state index in [1.807, 2.05) is 18.2 Å². The summed E-state index contributed by atoms with van der Waals surface area (Å²) in [6.45, 7) is 2.17. The molecule has 0 radical (unpaired) electrons. The Bertz CT molecular complexity index is 480. The number of aromatic nitrogens is 2. The van der Waals surface area contributed by atoms with Crippen molar-refractivity contribution in [3.05, 3.63) is 24.3 Å². The quantitative estimate of drug-likeness (QED) is 0.869. The second-order valence-corrected chi connectivity index (χ2v) is 5.10. The van der Waals surface area contributed by atoms with Gasteiger partial charge < -0.3 is 15.2 Å². The average molecular weight is 244 g/mol. The molecule has 1 fully saturated rings. The van der Waals surface area contributed by atoms with Gasteiger partial charge in [-0.1, -0.05) is 18.6 Å². The fourth-order valence-electron chi connectivity index (χ4n) is 2.62. The number of likely N-dealkylation sites (N-methyl/N-ethyl adjacent to an activating group) is 1. The smallest absolute Gasteiger partial charge is 0.203 e. The minimum atomic E-state index is 0.594. The molecule has 2 heterocycles. The summed E-state index contributed by atoms with van der Waals surface area (Å²) in [5.41, 5.74) is 2.15. The molecule has 4 nitrogen and oxygen atoms in total. The minimum absolute atomic E-state index is 0.594. The first-order valence-electron chi connectivity index (χ1n) is 6.72. The number of benzene rings is 1. The zero-order chi connectivity index (χ0) is 12.4. The van der Waals surface area contributed by atoms with Crippen molar-refractivity contribution in [2.75, 3.05) is 25.0 Å². The van der Waals surface area contributed by atoms with Crippen molar-refractivity contribution < 1.29 is 0 Å². The number of nitrogens with one attached hydrogen (secondary N) is 2. The van der Waals surface area contributed by atoms with E-state index in [0.717, 1.165) is 30.1 Å². The lowest BCUT2D eigenvalue weighted by Gasteiger charge is -2.27. The minimum Gasteiger partial charge on any atom is -0.344 e. The van der Waals surface area contributed by atoms with Crippen LogP contribution in [0.5, 0.6) is 0 Å². The number of imidazole rings is 1. The van der Waals surface area contributed by atoms with Gasteiger partial charge in [-0.3, -0.25) is 0 Å². The van der Waals surface area contributed by atoms with Crippen LogP contribution < -0.4 is 10.2 Å². The molecule has 2 aromatic rings. The molecule has 1 aliphatic rings. The molecule has 0 bridgehead atoms. The van der Waals surface area contributed by atoms with Gasteiger partial charge in [-0.15, -0.1) is 0 Å². The Kier molecular flexibility index (Phi) is 3.19. The maximum absolute atomic E-state index is 4.62. The lowest BCUT2D eigenvalue weighted by molar-refractivity contribution is 0.402. The summed E-state index contributed by atoms with van der Waals surface area (Å²) in [6.07, 6.45) is 3.92. The molecule has 18 heavy (non-hydrogen) atoms. The predicted octanol–water partition coefficient (Wildman–Crippen LogP) is 2.14. The topological polar surface area (TPSA) is 44.0 Å². The number of fused-ring (bicyclic) bond motifs is 1. The number of nitrogens with zero attached hydrogens (tertiary/aromatic N) is 2. The van der Waals surface area contributed by atoms with E-state index in [9.17, 15) is 0 Å². The first-order valence-corrected chi connectivity index (χ1v) is 6.72. The molecule has 0 amide bonds. The number of hydrogen-bond acceptors (Lipinski definition) is 3. The molecule has 1 atom stereocenters. The molecule has 1 aromatic heterocycles. The normalized spacial score (nSPS) is 20.2. The highest BCUT2D eigenvalue weighted by Crippen LogP contribution is 2.17. The lowest BCUT2D eigenvalue weighted by atomic mass is 10.1. The standard InChI is InChI=1S/C14H20N4/c1-18(10-11-6-4-5-9-15-11)14-16-12-7-2-3-8-13(12)17-14/h2-3,7-8,11,15H,4-6,9-10H2,1H3,(H,16,17)/t11-/m1/s1. The van der Waals surface area contributed by atoms with E-state index in [0.29, 0.717) is 6.04 Å². The molecule has 0 aliphatic carbocycles. The van der Waals surface area contributed by atoms with Crippen molar-refractivity contribution in [2.45, 2.75) is 25.3 Å². The maximum atomic E-state index is 4.62. The van der Waals surface area contributed by atoms with Gasteiger partial charge in [-0.05, 0) is 31.5 Å². The van der Waals surface area contributed by atoms with Crippen LogP contribution in [0.15, 0.2) is 24.3 Å². The molecule has 2 N–H and O–H groups in total. The number of aromatic amines is 1. The largest absolute Gasteiger partial charge is 0.344 e. The third-order valence-electron chi connectivity index (χ3n) is 3.65. The van der Waals surface area contributed by atoms with Gasteiger partial charge in [0.1, 0.15) is 0 Å². The highest BCUT2D eigenvalue weighted by molar-refractivity contribution is 5.77. The molecule has 1 aliphatic heterocycles. The second kappa shape index (κ2) is 4.98. The molecule has 1 aromatic carbocycles. The average Bonchev–Trinajstić information content (AvgIpc) is 2.84. The van der Waals surface area contributed by atoms with Crippen LogP contribution >= 0.6 is 0 Å². The van der Waals surface area contributed by atoms with E-state index in [4.69, 9.17) is 0 Å². The molecule has 96 valence electrons. The van der Waals surface area contributed by atoms with Gasteiger partial charge in [0.05, 0.1) is 11.0 Å². The van der Waals surface area contributed by atoms with Crippen LogP contribution in [-0.4, -0.2) is 36.1 Å². The molecule has 3 rings (SSSR count). The summed E-state index contributed by atoms with van der Waals surface area (Å²) in [6, 6.07) is 8.76. The Balaban J connectivity index is 1.72. The van der Waals surface area contributed by atoms with Crippen molar-refractivity contribution in [1.82, 2.24) is 15.3 Å². The van der Waals surface area contributed by atoms with Gasteiger partial charge in [0.2, 0.25) is 5.95 Å². The molecular formula is C14H20N4. The van der Waals surface area contributed by atoms with Crippen LogP contribution in [0.2, 0.25) is 0 Å². The molecule has 0 saturated carbocycles. The Morgan fingerprint density at radius 1 is 1.33 bits per heavy atom. The number of para-hydroxylation sites is 2. The van der Waals surface area contributed by atoms with Gasteiger partial charge >= 0.3 is 0 Å². The zero-order valence-electron chi connectivity index (χ0n) is 10.8. The zero-order valence-corrected chi connectivity index (χ0v) is 10.8. The fourth-order valence-corrected chi connectivity index (χ4v) is 2.62. The van der Waals surface area contributed by atoms with Gasteiger partial charge in [-0.25, -0.2) is 4.98 Å². The Hall–Kier alpha value is -1.55. The van der Waals surface area contributed by atoms with Crippen molar-refractivity contribution in [1.29, 1.82) is 0 Å². The first kappa shape index (κ1) is 11.5. The van der Waals surface area contributed by atoms with Crippen molar-refractivity contribution in [3.63, 3.8) is 0 Å². The summed E-state index contributed by atoms with van der Waals surface area (Å²) in [5, 5.41) is 3.57. The number of rotatable bonds is 3. The molecule has 4 heteroatoms. The van der Waals surface area contributed by atoms with E-state index in [-0.39, 0.29) is 0 Å². The van der Waals surface area contributed by atoms with Crippen molar-refractivity contribution in [3.8, 4) is 0 Å². The Labute approximate surface area is 107 Å². The molecule has 0 spiro atoms. The molecule has 1 saturated heterocycles. The SMILES string of the molecule is CN(C[C@H]1CCCCN1)c1nc2ccccc2[nH]1. The van der Waals surface area contributed by atoms with Crippen molar-refractivity contribution >= 4 is 17.0 Å². The summed E-state index contributed by atoms with van der Waals surface area (Å²) in [5.74, 6) is 0.962. The molecule has 0 unspecified atom stereocenters. The van der Waals surface area contributed by atoms with Gasteiger partial charge in [0.25, 0.3) is 0 Å². The lowest BCUT2D eigenvalue weighted by Crippen LogP contribution is -2.42. The van der Waals surface area contributed by atoms with E-state index >= 15 is 0 Å². The number of anilines is 1. The Morgan fingerprint density at radius 2 is 2.22 bits per heavy atom. The third kappa shape index (κ3) is 2.34. The van der Waals surface area contributed by atoms with Crippen LogP contribution in [0.1, 0.15) is 19.3 Å². The van der Waals surface area contributed by atoms with Crippen LogP contribution in [0.25, 0.3) is 11.0 Å². The molecular weight excluding hydrogens is 224 g/mol. The maximum Gasteiger partial charge on any atom is 0.203 e. The summed E-state index contributed by atoms with van der Waals surface area (Å²) >= 11 is 0. The first-order chi connectivity index (χ1) is 8.83. The summed E-state index contributed by atoms with van der Waals surface area (Å²) < 4.78 is 0. The second-order valence-electron chi connectivity index (χ2n) is 5.10. The predicted molar refractivity (Wildman–Crippen MR) is 75.0 cm³/mol. The van der Waals surface area contributed by atoms with Crippen LogP contribution in [0.3, 0.4) is 0 Å².